The van der Waals surface area contributed by atoms with Gasteiger partial charge in [0.05, 0.1) is 5.69 Å². The van der Waals surface area contributed by atoms with Gasteiger partial charge in [-0.2, -0.15) is 0 Å². The molecular weight excluding hydrogens is 402 g/mol. The molecule has 0 bridgehead atoms. The molecule has 0 aromatic heterocycles. The zero-order valence-corrected chi connectivity index (χ0v) is 15.5. The molecule has 0 unspecified atom stereocenters. The van der Waals surface area contributed by atoms with Gasteiger partial charge in [0.2, 0.25) is 11.8 Å². The monoisotopic (exact) mass is 417 g/mol. The van der Waals surface area contributed by atoms with Crippen LogP contribution >= 0.6 is 15.9 Å². The van der Waals surface area contributed by atoms with Gasteiger partial charge in [-0.1, -0.05) is 15.9 Å². The standard InChI is InChI=1S/C18H16BrN3O4/c1-10-6-12(3-4-13(10)18(20)25)21-16(23)8-22-14-5-2-11(19)7-15(14)26-9-17(22)24/h2-7H,8-9H2,1H3,(H2,20,25)(H,21,23). The van der Waals surface area contributed by atoms with Gasteiger partial charge in [0.15, 0.2) is 6.61 Å². The number of fused-ring (bicyclic) bond motifs is 1. The molecule has 0 atom stereocenters. The van der Waals surface area contributed by atoms with Gasteiger partial charge < -0.3 is 15.8 Å². The van der Waals surface area contributed by atoms with Gasteiger partial charge in [-0.3, -0.25) is 19.3 Å². The fourth-order valence-corrected chi connectivity index (χ4v) is 3.05. The minimum absolute atomic E-state index is 0.122. The van der Waals surface area contributed by atoms with E-state index in [0.717, 1.165) is 4.47 Å². The van der Waals surface area contributed by atoms with Gasteiger partial charge in [0.1, 0.15) is 12.3 Å². The molecule has 0 saturated heterocycles. The Morgan fingerprint density at radius 2 is 2.04 bits per heavy atom. The third-order valence-electron chi connectivity index (χ3n) is 3.94. The lowest BCUT2D eigenvalue weighted by molar-refractivity contribution is -0.123. The molecule has 3 rings (SSSR count). The molecule has 3 amide bonds. The topological polar surface area (TPSA) is 102 Å². The number of ether oxygens (including phenoxy) is 1. The van der Waals surface area contributed by atoms with Gasteiger partial charge in [-0.05, 0) is 48.9 Å². The molecule has 8 heteroatoms. The van der Waals surface area contributed by atoms with Crippen LogP contribution in [0.5, 0.6) is 5.75 Å². The van der Waals surface area contributed by atoms with E-state index in [4.69, 9.17) is 10.5 Å². The van der Waals surface area contributed by atoms with Crippen molar-refractivity contribution in [3.8, 4) is 5.75 Å². The Bertz CT molecular complexity index is 913. The second kappa shape index (κ2) is 7.17. The number of aryl methyl sites for hydroxylation is 1. The number of amides is 3. The Labute approximate surface area is 158 Å². The van der Waals surface area contributed by atoms with Gasteiger partial charge in [-0.25, -0.2) is 0 Å². The zero-order chi connectivity index (χ0) is 18.8. The van der Waals surface area contributed by atoms with E-state index in [1.807, 2.05) is 0 Å². The van der Waals surface area contributed by atoms with Crippen LogP contribution in [0.3, 0.4) is 0 Å². The Morgan fingerprint density at radius 1 is 1.27 bits per heavy atom. The van der Waals surface area contributed by atoms with E-state index in [9.17, 15) is 14.4 Å². The minimum Gasteiger partial charge on any atom is -0.482 e. The van der Waals surface area contributed by atoms with Crippen molar-refractivity contribution < 1.29 is 19.1 Å². The number of halogens is 1. The molecule has 0 aliphatic carbocycles. The summed E-state index contributed by atoms with van der Waals surface area (Å²) in [5, 5.41) is 2.72. The first-order chi connectivity index (χ1) is 12.3. The van der Waals surface area contributed by atoms with Crippen LogP contribution in [0.1, 0.15) is 15.9 Å². The van der Waals surface area contributed by atoms with Crippen molar-refractivity contribution >= 4 is 45.0 Å². The Balaban J connectivity index is 1.75. The van der Waals surface area contributed by atoms with Crippen LogP contribution in [0.15, 0.2) is 40.9 Å². The molecular formula is C18H16BrN3O4. The first-order valence-corrected chi connectivity index (χ1v) is 8.57. The average molecular weight is 418 g/mol. The number of anilines is 2. The molecule has 134 valence electrons. The van der Waals surface area contributed by atoms with Crippen molar-refractivity contribution in [3.05, 3.63) is 52.0 Å². The number of hydrogen-bond donors (Lipinski definition) is 2. The maximum Gasteiger partial charge on any atom is 0.265 e. The maximum absolute atomic E-state index is 12.4. The predicted molar refractivity (Wildman–Crippen MR) is 100 cm³/mol. The highest BCUT2D eigenvalue weighted by atomic mass is 79.9. The number of primary amides is 1. The summed E-state index contributed by atoms with van der Waals surface area (Å²) in [4.78, 5) is 37.2. The molecule has 1 heterocycles. The Hall–Kier alpha value is -2.87. The summed E-state index contributed by atoms with van der Waals surface area (Å²) in [5.41, 5.74) is 7.39. The highest BCUT2D eigenvalue weighted by molar-refractivity contribution is 9.10. The third kappa shape index (κ3) is 3.70. The number of hydrogen-bond acceptors (Lipinski definition) is 4. The van der Waals surface area contributed by atoms with E-state index in [2.05, 4.69) is 21.2 Å². The van der Waals surface area contributed by atoms with Crippen molar-refractivity contribution in [2.75, 3.05) is 23.4 Å². The normalized spacial score (nSPS) is 13.0. The van der Waals surface area contributed by atoms with Crippen LogP contribution in [0.2, 0.25) is 0 Å². The van der Waals surface area contributed by atoms with Crippen LogP contribution in [-0.2, 0) is 9.59 Å². The summed E-state index contributed by atoms with van der Waals surface area (Å²) >= 11 is 3.35. The van der Waals surface area contributed by atoms with E-state index >= 15 is 0 Å². The lowest BCUT2D eigenvalue weighted by Crippen LogP contribution is -2.43. The van der Waals surface area contributed by atoms with E-state index in [1.165, 1.54) is 4.90 Å². The van der Waals surface area contributed by atoms with Crippen molar-refractivity contribution in [3.63, 3.8) is 0 Å². The van der Waals surface area contributed by atoms with Crippen molar-refractivity contribution in [1.82, 2.24) is 0 Å². The second-order valence-electron chi connectivity index (χ2n) is 5.82. The van der Waals surface area contributed by atoms with Crippen LogP contribution < -0.4 is 20.7 Å². The van der Waals surface area contributed by atoms with E-state index in [-0.39, 0.29) is 25.0 Å². The fraction of sp³-hybridized carbons (Fsp3) is 0.167. The summed E-state index contributed by atoms with van der Waals surface area (Å²) in [5.74, 6) is -0.647. The molecule has 3 N–H and O–H groups in total. The highest BCUT2D eigenvalue weighted by Gasteiger charge is 2.27. The number of nitrogens with one attached hydrogen (secondary N) is 1. The van der Waals surface area contributed by atoms with Crippen LogP contribution in [0.4, 0.5) is 11.4 Å². The number of rotatable bonds is 4. The van der Waals surface area contributed by atoms with Crippen LogP contribution in [0.25, 0.3) is 0 Å². The second-order valence-corrected chi connectivity index (χ2v) is 6.74. The largest absolute Gasteiger partial charge is 0.482 e. The van der Waals surface area contributed by atoms with E-state index in [0.29, 0.717) is 28.3 Å². The number of carbonyl (C=O) groups excluding carboxylic acids is 3. The Morgan fingerprint density at radius 3 is 2.73 bits per heavy atom. The van der Waals surface area contributed by atoms with Crippen molar-refractivity contribution in [2.45, 2.75) is 6.92 Å². The van der Waals surface area contributed by atoms with Gasteiger partial charge >= 0.3 is 0 Å². The summed E-state index contributed by atoms with van der Waals surface area (Å²) < 4.78 is 6.22. The minimum atomic E-state index is -0.526. The molecule has 1 aliphatic rings. The average Bonchev–Trinajstić information content (AvgIpc) is 2.57. The molecule has 7 nitrogen and oxygen atoms in total. The molecule has 0 spiro atoms. The lowest BCUT2D eigenvalue weighted by Gasteiger charge is -2.29. The van der Waals surface area contributed by atoms with Crippen molar-refractivity contribution in [1.29, 1.82) is 0 Å². The molecule has 2 aromatic carbocycles. The van der Waals surface area contributed by atoms with Gasteiger partial charge in [0, 0.05) is 15.7 Å². The first-order valence-electron chi connectivity index (χ1n) is 7.78. The summed E-state index contributed by atoms with van der Waals surface area (Å²) in [6.45, 7) is 1.46. The molecule has 1 aliphatic heterocycles. The number of nitrogens with two attached hydrogens (primary N) is 1. The highest BCUT2D eigenvalue weighted by Crippen LogP contribution is 2.34. The van der Waals surface area contributed by atoms with Gasteiger partial charge in [-0.15, -0.1) is 0 Å². The molecule has 26 heavy (non-hydrogen) atoms. The first kappa shape index (κ1) is 17.9. The summed E-state index contributed by atoms with van der Waals surface area (Å²) in [6, 6.07) is 10.0. The lowest BCUT2D eigenvalue weighted by atomic mass is 10.1. The number of carbonyl (C=O) groups is 3. The van der Waals surface area contributed by atoms with Crippen molar-refractivity contribution in [2.24, 2.45) is 5.73 Å². The third-order valence-corrected chi connectivity index (χ3v) is 4.44. The van der Waals surface area contributed by atoms with Gasteiger partial charge in [0.25, 0.3) is 5.91 Å². The summed E-state index contributed by atoms with van der Waals surface area (Å²) in [7, 11) is 0. The molecule has 0 saturated carbocycles. The smallest absolute Gasteiger partial charge is 0.265 e. The number of benzene rings is 2. The quantitative estimate of drug-likeness (QED) is 0.795. The van der Waals surface area contributed by atoms with Crippen LogP contribution in [0, 0.1) is 6.92 Å². The summed E-state index contributed by atoms with van der Waals surface area (Å²) in [6.07, 6.45) is 0. The number of nitrogens with zero attached hydrogens (tertiary/aromatic N) is 1. The van der Waals surface area contributed by atoms with Crippen LogP contribution in [-0.4, -0.2) is 30.9 Å². The van der Waals surface area contributed by atoms with E-state index < -0.39 is 5.91 Å². The molecule has 2 aromatic rings. The predicted octanol–water partition coefficient (Wildman–Crippen LogP) is 2.22. The molecule has 0 fully saturated rings. The SMILES string of the molecule is Cc1cc(NC(=O)CN2C(=O)COc3cc(Br)ccc32)ccc1C(N)=O. The zero-order valence-electron chi connectivity index (χ0n) is 13.9. The molecule has 0 radical (unpaired) electrons. The Kier molecular flexibility index (Phi) is 4.94. The fourth-order valence-electron chi connectivity index (χ4n) is 2.71. The maximum atomic E-state index is 12.4. The van der Waals surface area contributed by atoms with E-state index in [1.54, 1.807) is 43.3 Å².